The van der Waals surface area contributed by atoms with E-state index in [-0.39, 0.29) is 0 Å². The average Bonchev–Trinajstić information content (AvgIpc) is 1.41. The van der Waals surface area contributed by atoms with E-state index in [2.05, 4.69) is 11.2 Å². The second-order valence-corrected chi connectivity index (χ2v) is 7.30. The van der Waals surface area contributed by atoms with E-state index in [1.54, 1.807) is 16.4 Å². The molecule has 0 rings (SSSR count). The molecular formula is MoS4. The Hall–Kier alpha value is 1.57. The van der Waals surface area contributed by atoms with Crippen LogP contribution in [0.15, 0.2) is 0 Å². The van der Waals surface area contributed by atoms with Crippen molar-refractivity contribution < 1.29 is 18.0 Å². The molecule has 0 saturated carbocycles. The third-order valence-corrected chi connectivity index (χ3v) is 6.69. The van der Waals surface area contributed by atoms with E-state index < -0.39 is 0 Å². The number of hydrogen-bond acceptors (Lipinski definition) is 1. The molecule has 0 spiro atoms. The van der Waals surface area contributed by atoms with Crippen LogP contribution in [-0.2, 0) is 54.5 Å². The molecule has 0 N–H and O–H groups in total. The molecule has 0 aromatic carbocycles. The van der Waals surface area contributed by atoms with Gasteiger partial charge in [-0.2, -0.15) is 0 Å². The third kappa shape index (κ3) is 5.57. The van der Waals surface area contributed by atoms with Gasteiger partial charge in [-0.1, -0.05) is 0 Å². The summed E-state index contributed by atoms with van der Waals surface area (Å²) in [6.07, 6.45) is 0. The van der Waals surface area contributed by atoms with Gasteiger partial charge in [0, 0.05) is 0 Å². The summed E-state index contributed by atoms with van der Waals surface area (Å²) in [6.45, 7) is 0. The first kappa shape index (κ1) is 6.57. The summed E-state index contributed by atoms with van der Waals surface area (Å²) in [5, 5.41) is 0. The Morgan fingerprint density at radius 3 is 2.20 bits per heavy atom. The van der Waals surface area contributed by atoms with Crippen LogP contribution in [0.1, 0.15) is 0 Å². The van der Waals surface area contributed by atoms with Crippen LogP contribution in [0.4, 0.5) is 0 Å². The van der Waals surface area contributed by atoms with E-state index in [0.717, 1.165) is 0 Å². The SMILES string of the molecule is S=S=S=[S]=[Mo]. The second kappa shape index (κ2) is 5.57. The van der Waals surface area contributed by atoms with Gasteiger partial charge in [-0.3, -0.25) is 0 Å². The van der Waals surface area contributed by atoms with E-state index in [9.17, 15) is 0 Å². The van der Waals surface area contributed by atoms with Crippen LogP contribution in [0.5, 0.6) is 0 Å². The van der Waals surface area contributed by atoms with Crippen molar-refractivity contribution in [3.63, 3.8) is 0 Å². The fourth-order valence-electron chi connectivity index (χ4n) is 0.0113. The Morgan fingerprint density at radius 2 is 2.20 bits per heavy atom. The molecule has 0 atom stereocenters. The van der Waals surface area contributed by atoms with E-state index in [1.165, 1.54) is 8.88 Å². The normalized spacial score (nSPS) is 5.60. The van der Waals surface area contributed by atoms with Gasteiger partial charge in [-0.15, -0.1) is 0 Å². The predicted molar refractivity (Wildman–Crippen MR) is 29.5 cm³/mol. The van der Waals surface area contributed by atoms with Crippen molar-refractivity contribution in [3.05, 3.63) is 0 Å². The monoisotopic (exact) mass is 226 g/mol. The van der Waals surface area contributed by atoms with E-state index >= 15 is 0 Å². The molecule has 0 heterocycles. The first-order chi connectivity index (χ1) is 2.41. The molecule has 5 heavy (non-hydrogen) atoms. The van der Waals surface area contributed by atoms with Gasteiger partial charge in [0.2, 0.25) is 0 Å². The molecule has 0 unspecified atom stereocenters. The van der Waals surface area contributed by atoms with Crippen LogP contribution < -0.4 is 0 Å². The minimum atomic E-state index is 1.37. The maximum absolute atomic E-state index is 4.51. The summed E-state index contributed by atoms with van der Waals surface area (Å²) in [5.41, 5.74) is 0. The van der Waals surface area contributed by atoms with E-state index in [4.69, 9.17) is 0 Å². The molecule has 0 aliphatic rings. The molecule has 0 bridgehead atoms. The molecule has 0 aliphatic carbocycles. The minimum absolute atomic E-state index is 1.37. The molecule has 0 nitrogen and oxygen atoms in total. The number of hydrogen-bond donors (Lipinski definition) is 0. The first-order valence-corrected chi connectivity index (χ1v) is 7.46. The zero-order valence-corrected chi connectivity index (χ0v) is 7.31. The van der Waals surface area contributed by atoms with Gasteiger partial charge in [0.1, 0.15) is 0 Å². The van der Waals surface area contributed by atoms with Crippen LogP contribution >= 0.6 is 0 Å². The van der Waals surface area contributed by atoms with Crippen molar-refractivity contribution in [3.8, 4) is 0 Å². The zero-order valence-electron chi connectivity index (χ0n) is 2.04. The van der Waals surface area contributed by atoms with Gasteiger partial charge in [-0.25, -0.2) is 0 Å². The Bertz CT molecular complexity index is 95.6. The number of rotatable bonds is 0. The Balaban J connectivity index is 4.38. The maximum atomic E-state index is 4.51. The standard InChI is InChI=1S/Mo.S4/c;1-3-4-2. The molecule has 0 fully saturated rings. The summed E-state index contributed by atoms with van der Waals surface area (Å²) in [7, 11) is 4.67. The van der Waals surface area contributed by atoms with Crippen molar-refractivity contribution in [1.29, 1.82) is 0 Å². The van der Waals surface area contributed by atoms with Crippen molar-refractivity contribution in [1.82, 2.24) is 0 Å². The topological polar surface area (TPSA) is 0 Å². The Kier molecular flexibility index (Phi) is 7.31. The van der Waals surface area contributed by atoms with Crippen LogP contribution in [0.3, 0.4) is 0 Å². The molecule has 0 aromatic heterocycles. The Labute approximate surface area is 53.9 Å². The zero-order chi connectivity index (χ0) is 4.12. The van der Waals surface area contributed by atoms with E-state index in [1.807, 2.05) is 18.0 Å². The van der Waals surface area contributed by atoms with Crippen LogP contribution in [0, 0.1) is 0 Å². The van der Waals surface area contributed by atoms with Crippen LogP contribution in [0.2, 0.25) is 0 Å². The molecule has 0 aromatic rings. The first-order valence-electron chi connectivity index (χ1n) is 0.667. The van der Waals surface area contributed by atoms with Gasteiger partial charge in [-0.05, 0) is 0 Å². The fraction of sp³-hybridized carbons (Fsp3) is 0. The molecule has 0 aliphatic heterocycles. The van der Waals surface area contributed by atoms with Gasteiger partial charge >= 0.3 is 54.5 Å². The van der Waals surface area contributed by atoms with Crippen molar-refractivity contribution in [2.75, 3.05) is 0 Å². The summed E-state index contributed by atoms with van der Waals surface area (Å²) in [6, 6.07) is 0. The van der Waals surface area contributed by atoms with Crippen molar-refractivity contribution >= 4 is 36.5 Å². The predicted octanol–water partition coefficient (Wildman–Crippen LogP) is -0.0121. The van der Waals surface area contributed by atoms with Gasteiger partial charge in [0.15, 0.2) is 0 Å². The summed E-state index contributed by atoms with van der Waals surface area (Å²) >= 11 is 6.46. The molecule has 5 heteroatoms. The summed E-state index contributed by atoms with van der Waals surface area (Å²) < 4.78 is 0. The van der Waals surface area contributed by atoms with Crippen LogP contribution in [-0.4, -0.2) is 0 Å². The van der Waals surface area contributed by atoms with Crippen molar-refractivity contribution in [2.24, 2.45) is 0 Å². The van der Waals surface area contributed by atoms with Gasteiger partial charge in [0.25, 0.3) is 0 Å². The van der Waals surface area contributed by atoms with E-state index in [0.29, 0.717) is 0 Å². The molecular weight excluding hydrogens is 224 g/mol. The molecule has 0 amide bonds. The average molecular weight is 224 g/mol. The third-order valence-electron chi connectivity index (χ3n) is 0.0556. The quantitative estimate of drug-likeness (QED) is 0.521. The second-order valence-electron chi connectivity index (χ2n) is 0.204. The molecule has 0 radical (unpaired) electrons. The molecule has 0 saturated heterocycles. The van der Waals surface area contributed by atoms with Gasteiger partial charge in [0.05, 0.1) is 0 Å². The molecule has 30 valence electrons. The summed E-state index contributed by atoms with van der Waals surface area (Å²) in [5.74, 6) is 0. The van der Waals surface area contributed by atoms with Crippen LogP contribution in [0.25, 0.3) is 0 Å². The Morgan fingerprint density at radius 1 is 1.60 bits per heavy atom. The van der Waals surface area contributed by atoms with Crippen molar-refractivity contribution in [2.45, 2.75) is 0 Å². The summed E-state index contributed by atoms with van der Waals surface area (Å²) in [4.78, 5) is 0. The van der Waals surface area contributed by atoms with Gasteiger partial charge < -0.3 is 0 Å². The fourth-order valence-corrected chi connectivity index (χ4v) is 5.43.